The smallest absolute Gasteiger partial charge is 0.0909 e. The summed E-state index contributed by atoms with van der Waals surface area (Å²) in [6.07, 6.45) is 9.83. The van der Waals surface area contributed by atoms with Crippen molar-refractivity contribution >= 4 is 0 Å². The first-order valence-electron chi connectivity index (χ1n) is 5.68. The number of hydrogen-bond acceptors (Lipinski definition) is 3. The van der Waals surface area contributed by atoms with Gasteiger partial charge < -0.3 is 0 Å². The van der Waals surface area contributed by atoms with Gasteiger partial charge in [0, 0.05) is 12.5 Å². The lowest BCUT2D eigenvalue weighted by molar-refractivity contribution is 0.573. The summed E-state index contributed by atoms with van der Waals surface area (Å²) in [4.78, 5) is 0. The van der Waals surface area contributed by atoms with Crippen LogP contribution in [0.15, 0.2) is 12.2 Å². The van der Waals surface area contributed by atoms with E-state index in [-0.39, 0.29) is 5.92 Å². The van der Waals surface area contributed by atoms with Crippen LogP contribution in [-0.4, -0.2) is 0 Å². The highest BCUT2D eigenvalue weighted by molar-refractivity contribution is 5.08. The van der Waals surface area contributed by atoms with Gasteiger partial charge in [-0.3, -0.25) is 0 Å². The Morgan fingerprint density at radius 2 is 1.62 bits per heavy atom. The average molecular weight is 215 g/mol. The Morgan fingerprint density at radius 3 is 2.25 bits per heavy atom. The monoisotopic (exact) mass is 215 g/mol. The number of hydrogen-bond donors (Lipinski definition) is 0. The number of allylic oxidation sites excluding steroid dienone is 2. The Balaban J connectivity index is 3.44. The largest absolute Gasteiger partial charge is 0.198 e. The molecule has 1 atom stereocenters. The molecule has 0 aromatic heterocycles. The van der Waals surface area contributed by atoms with Crippen LogP contribution in [0.5, 0.6) is 0 Å². The Labute approximate surface area is 97.6 Å². The molecule has 3 nitrogen and oxygen atoms in total. The van der Waals surface area contributed by atoms with E-state index >= 15 is 0 Å². The van der Waals surface area contributed by atoms with Crippen molar-refractivity contribution in [2.24, 2.45) is 5.92 Å². The van der Waals surface area contributed by atoms with E-state index < -0.39 is 0 Å². The minimum absolute atomic E-state index is 0.126. The summed E-state index contributed by atoms with van der Waals surface area (Å²) < 4.78 is 0. The third kappa shape index (κ3) is 8.79. The molecule has 0 aromatic carbocycles. The Bertz CT molecular complexity index is 312. The zero-order chi connectivity index (χ0) is 12.1. The minimum atomic E-state index is -0.126. The van der Waals surface area contributed by atoms with Gasteiger partial charge in [-0.25, -0.2) is 0 Å². The van der Waals surface area contributed by atoms with E-state index in [9.17, 15) is 0 Å². The maximum atomic E-state index is 8.78. The summed E-state index contributed by atoms with van der Waals surface area (Å²) >= 11 is 0. The highest BCUT2D eigenvalue weighted by Gasteiger charge is 2.01. The second kappa shape index (κ2) is 11.3. The fourth-order valence-electron chi connectivity index (χ4n) is 1.46. The highest BCUT2D eigenvalue weighted by atomic mass is 14.3. The Kier molecular flexibility index (Phi) is 10.0. The summed E-state index contributed by atoms with van der Waals surface area (Å²) in [5, 5.41) is 25.4. The first kappa shape index (κ1) is 14.2. The maximum absolute atomic E-state index is 8.78. The predicted molar refractivity (Wildman–Crippen MR) is 61.8 cm³/mol. The van der Waals surface area contributed by atoms with Gasteiger partial charge in [0.25, 0.3) is 0 Å². The van der Waals surface area contributed by atoms with Gasteiger partial charge in [-0.1, -0.05) is 31.8 Å². The van der Waals surface area contributed by atoms with Crippen LogP contribution >= 0.6 is 0 Å². The molecule has 1 unspecified atom stereocenters. The van der Waals surface area contributed by atoms with E-state index in [4.69, 9.17) is 15.8 Å². The fraction of sp³-hybridized carbons (Fsp3) is 0.615. The van der Waals surface area contributed by atoms with E-state index in [1.54, 1.807) is 6.08 Å². The van der Waals surface area contributed by atoms with Gasteiger partial charge in [0.15, 0.2) is 0 Å². The second-order valence-corrected chi connectivity index (χ2v) is 3.69. The van der Waals surface area contributed by atoms with E-state index in [0.717, 1.165) is 38.5 Å². The van der Waals surface area contributed by atoms with Crippen molar-refractivity contribution in [2.45, 2.75) is 44.9 Å². The molecule has 0 aliphatic carbocycles. The molecule has 0 heterocycles. The molecule has 0 rings (SSSR count). The molecular formula is C13H17N3. The van der Waals surface area contributed by atoms with Gasteiger partial charge in [0.05, 0.1) is 24.1 Å². The molecule has 0 fully saturated rings. The molecule has 3 heteroatoms. The lowest BCUT2D eigenvalue weighted by atomic mass is 10.0. The standard InChI is InChI=1S/C13H17N3/c14-10-6-4-2-1-3-5-8-13(12-16)9-7-11-15/h7,9,13H,1-6,8H2. The summed E-state index contributed by atoms with van der Waals surface area (Å²) in [6.45, 7) is 0. The molecule has 0 saturated carbocycles. The average Bonchev–Trinajstić information content (AvgIpc) is 2.32. The summed E-state index contributed by atoms with van der Waals surface area (Å²) in [5.41, 5.74) is 0. The lowest BCUT2D eigenvalue weighted by Gasteiger charge is -2.02. The van der Waals surface area contributed by atoms with Crippen molar-refractivity contribution in [2.75, 3.05) is 0 Å². The molecule has 0 aliphatic rings. The van der Waals surface area contributed by atoms with Gasteiger partial charge in [-0.2, -0.15) is 15.8 Å². The van der Waals surface area contributed by atoms with E-state index in [1.165, 1.54) is 6.08 Å². The van der Waals surface area contributed by atoms with Gasteiger partial charge in [-0.05, 0) is 12.8 Å². The van der Waals surface area contributed by atoms with Crippen molar-refractivity contribution in [1.82, 2.24) is 0 Å². The Hall–Kier alpha value is -1.79. The molecule has 0 aliphatic heterocycles. The van der Waals surface area contributed by atoms with Gasteiger partial charge >= 0.3 is 0 Å². The molecule has 84 valence electrons. The normalized spacial score (nSPS) is 11.6. The van der Waals surface area contributed by atoms with Crippen molar-refractivity contribution in [1.29, 1.82) is 15.8 Å². The number of nitrogens with zero attached hydrogens (tertiary/aromatic N) is 3. The van der Waals surface area contributed by atoms with Gasteiger partial charge in [0.1, 0.15) is 0 Å². The lowest BCUT2D eigenvalue weighted by Crippen LogP contribution is -1.92. The third-order valence-electron chi connectivity index (χ3n) is 2.37. The van der Waals surface area contributed by atoms with E-state index in [0.29, 0.717) is 6.42 Å². The van der Waals surface area contributed by atoms with E-state index in [2.05, 4.69) is 12.1 Å². The SMILES string of the molecule is N#CC=CC(C#N)CCCCCCCC#N. The molecule has 0 aromatic rings. The second-order valence-electron chi connectivity index (χ2n) is 3.69. The number of nitriles is 3. The van der Waals surface area contributed by atoms with Crippen molar-refractivity contribution in [3.8, 4) is 18.2 Å². The number of unbranched alkanes of at least 4 members (excludes halogenated alkanes) is 5. The van der Waals surface area contributed by atoms with Crippen LogP contribution in [0, 0.1) is 39.9 Å². The first-order chi connectivity index (χ1) is 7.85. The van der Waals surface area contributed by atoms with Gasteiger partial charge in [-0.15, -0.1) is 0 Å². The van der Waals surface area contributed by atoms with Crippen LogP contribution in [-0.2, 0) is 0 Å². The van der Waals surface area contributed by atoms with Crippen LogP contribution in [0.4, 0.5) is 0 Å². The molecular weight excluding hydrogens is 198 g/mol. The highest BCUT2D eigenvalue weighted by Crippen LogP contribution is 2.12. The fourth-order valence-corrected chi connectivity index (χ4v) is 1.46. The van der Waals surface area contributed by atoms with Crippen molar-refractivity contribution in [3.63, 3.8) is 0 Å². The van der Waals surface area contributed by atoms with E-state index in [1.807, 2.05) is 6.07 Å². The zero-order valence-corrected chi connectivity index (χ0v) is 9.52. The van der Waals surface area contributed by atoms with Crippen molar-refractivity contribution < 1.29 is 0 Å². The van der Waals surface area contributed by atoms with Crippen LogP contribution in [0.1, 0.15) is 44.9 Å². The van der Waals surface area contributed by atoms with Gasteiger partial charge in [0.2, 0.25) is 0 Å². The predicted octanol–water partition coefficient (Wildman–Crippen LogP) is 3.46. The minimum Gasteiger partial charge on any atom is -0.198 e. The molecule has 0 bridgehead atoms. The molecule has 0 amide bonds. The molecule has 0 radical (unpaired) electrons. The van der Waals surface area contributed by atoms with Crippen LogP contribution < -0.4 is 0 Å². The van der Waals surface area contributed by atoms with Crippen LogP contribution in [0.25, 0.3) is 0 Å². The quantitative estimate of drug-likeness (QED) is 0.459. The summed E-state index contributed by atoms with van der Waals surface area (Å²) in [6, 6.07) is 6.19. The third-order valence-corrected chi connectivity index (χ3v) is 2.37. The maximum Gasteiger partial charge on any atom is 0.0909 e. The molecule has 16 heavy (non-hydrogen) atoms. The van der Waals surface area contributed by atoms with Crippen LogP contribution in [0.2, 0.25) is 0 Å². The summed E-state index contributed by atoms with van der Waals surface area (Å²) in [7, 11) is 0. The molecule has 0 N–H and O–H groups in total. The first-order valence-corrected chi connectivity index (χ1v) is 5.68. The topological polar surface area (TPSA) is 71.4 Å². The molecule has 0 saturated heterocycles. The Morgan fingerprint density at radius 1 is 0.938 bits per heavy atom. The zero-order valence-electron chi connectivity index (χ0n) is 9.52. The molecule has 0 spiro atoms. The van der Waals surface area contributed by atoms with Crippen LogP contribution in [0.3, 0.4) is 0 Å². The van der Waals surface area contributed by atoms with Crippen molar-refractivity contribution in [3.05, 3.63) is 12.2 Å². The summed E-state index contributed by atoms with van der Waals surface area (Å²) in [5.74, 6) is -0.126. The number of rotatable bonds is 8.